The first-order chi connectivity index (χ1) is 32.7. The van der Waals surface area contributed by atoms with Crippen molar-refractivity contribution in [1.82, 2.24) is 25.3 Å². The van der Waals surface area contributed by atoms with E-state index in [1.54, 1.807) is 55.5 Å². The van der Waals surface area contributed by atoms with E-state index in [-0.39, 0.29) is 36.8 Å². The second-order valence-electron chi connectivity index (χ2n) is 24.5. The van der Waals surface area contributed by atoms with Gasteiger partial charge in [0, 0.05) is 38.0 Å². The van der Waals surface area contributed by atoms with Crippen LogP contribution in [0.2, 0.25) is 12.6 Å². The van der Waals surface area contributed by atoms with Gasteiger partial charge in [-0.3, -0.25) is 14.6 Å². The number of likely N-dealkylation sites (N-methyl/N-ethyl adjacent to an activating group) is 2. The highest BCUT2D eigenvalue weighted by Crippen LogP contribution is 2.41. The summed E-state index contributed by atoms with van der Waals surface area (Å²) in [5, 5.41) is 5.83. The van der Waals surface area contributed by atoms with Crippen LogP contribution in [0.25, 0.3) is 0 Å². The molecule has 4 aliphatic heterocycles. The van der Waals surface area contributed by atoms with Gasteiger partial charge in [-0.05, 0) is 157 Å². The highest BCUT2D eigenvalue weighted by Gasteiger charge is 2.55. The number of carbonyl (C=O) groups is 6. The first kappa shape index (κ1) is 62.4. The van der Waals surface area contributed by atoms with Crippen LogP contribution >= 0.6 is 0 Å². The van der Waals surface area contributed by atoms with Crippen molar-refractivity contribution >= 4 is 50.4 Å². The molecule has 4 rings (SSSR count). The number of alkyl carbamates (subject to hydrolysis) is 1. The lowest BCUT2D eigenvalue weighted by molar-refractivity contribution is -0.148. The fraction of sp³-hybridized carbons (Fsp3) is 0.880. The Morgan fingerprint density at radius 2 is 0.986 bits per heavy atom. The number of rotatable bonds is 14. The molecule has 20 nitrogen and oxygen atoms in total. The number of carbonyl (C=O) groups excluding carboxylic acids is 6. The van der Waals surface area contributed by atoms with E-state index in [0.717, 1.165) is 19.2 Å². The van der Waals surface area contributed by atoms with Gasteiger partial charge in [-0.25, -0.2) is 24.0 Å². The summed E-state index contributed by atoms with van der Waals surface area (Å²) >= 11 is 0. The van der Waals surface area contributed by atoms with E-state index in [1.807, 2.05) is 83.2 Å². The minimum Gasteiger partial charge on any atom is -0.467 e. The van der Waals surface area contributed by atoms with Gasteiger partial charge in [-0.2, -0.15) is 0 Å². The van der Waals surface area contributed by atoms with Gasteiger partial charge in [-0.15, -0.1) is 0 Å². The van der Waals surface area contributed by atoms with Crippen LogP contribution in [0.4, 0.5) is 14.4 Å². The molecular weight excluding hydrogens is 932 g/mol. The van der Waals surface area contributed by atoms with Crippen LogP contribution in [0.1, 0.15) is 150 Å². The summed E-state index contributed by atoms with van der Waals surface area (Å²) in [6.07, 6.45) is 2.00. The van der Waals surface area contributed by atoms with Crippen LogP contribution in [-0.4, -0.2) is 176 Å². The quantitative estimate of drug-likeness (QED) is 0.103. The average molecular weight is 1020 g/mol. The SMILES string of the molecule is CN[C@H]1CN(C(=O)OC(C)(C)C)[C@H](C(=O)OC)C1CCCB1OC(C)(C)C(C)(C)O1.COC(=O)[C@@H]1[C@H](CCCB2OC(C)(C)C(C)(C)O2)[C@@H](N(C)C(=O)[C@H](C)NC(=O)OC(C)(C)C)CN1C(=O)OC(C)(C)C. The predicted octanol–water partition coefficient (Wildman–Crippen LogP) is 6.86. The third kappa shape index (κ3) is 16.3. The van der Waals surface area contributed by atoms with Crippen LogP contribution in [0.3, 0.4) is 0 Å². The number of nitrogens with zero attached hydrogens (tertiary/aromatic N) is 3. The van der Waals surface area contributed by atoms with Crippen LogP contribution < -0.4 is 10.6 Å². The zero-order chi connectivity index (χ0) is 55.3. The number of nitrogens with one attached hydrogen (secondary N) is 2. The van der Waals surface area contributed by atoms with E-state index in [9.17, 15) is 28.8 Å². The molecule has 4 fully saturated rings. The van der Waals surface area contributed by atoms with Gasteiger partial charge in [0.1, 0.15) is 34.9 Å². The van der Waals surface area contributed by atoms with Crippen LogP contribution in [0.15, 0.2) is 0 Å². The van der Waals surface area contributed by atoms with E-state index in [1.165, 1.54) is 28.9 Å². The summed E-state index contributed by atoms with van der Waals surface area (Å²) in [6.45, 7) is 34.0. The van der Waals surface area contributed by atoms with E-state index in [2.05, 4.69) is 10.6 Å². The summed E-state index contributed by atoms with van der Waals surface area (Å²) < 4.78 is 51.1. The van der Waals surface area contributed by atoms with Crippen molar-refractivity contribution in [2.45, 2.75) is 232 Å². The molecule has 0 spiro atoms. The smallest absolute Gasteiger partial charge is 0.457 e. The third-order valence-corrected chi connectivity index (χ3v) is 14.3. The molecule has 412 valence electrons. The molecule has 0 aromatic heterocycles. The highest BCUT2D eigenvalue weighted by molar-refractivity contribution is 6.45. The van der Waals surface area contributed by atoms with Gasteiger partial charge >= 0.3 is 44.5 Å². The van der Waals surface area contributed by atoms with Gasteiger partial charge in [-0.1, -0.05) is 12.8 Å². The van der Waals surface area contributed by atoms with Gasteiger partial charge in [0.05, 0.1) is 42.7 Å². The number of amides is 4. The van der Waals surface area contributed by atoms with Crippen LogP contribution in [0, 0.1) is 11.8 Å². The van der Waals surface area contributed by atoms with E-state index < -0.39 is 101 Å². The minimum atomic E-state index is -0.975. The maximum absolute atomic E-state index is 13.5. The standard InChI is InChI=1S/C29H52BN3O9.C21H39BN2O6/c1-18(31-24(36)39-26(2,3)4)22(34)32(12)20-17-33(25(37)40-27(5,6)7)21(23(35)38-13)19(20)15-14-16-30-41-28(8,9)29(10,11)42-30;1-19(2,3)28-18(26)24-13-15(23-8)14(16(24)17(25)27-9)11-10-12-22-29-20(4,5)21(6,7)30-22/h18-21H,14-17H2,1-13H3,(H,31,36);14-16,23H,10-13H2,1-9H3/t18-,19+,20-,21-;14?,15-,16-/m00/s1. The summed E-state index contributed by atoms with van der Waals surface area (Å²) in [7, 11) is 5.37. The van der Waals surface area contributed by atoms with Crippen molar-refractivity contribution in [3.8, 4) is 0 Å². The average Bonchev–Trinajstić information content (AvgIpc) is 3.90. The Morgan fingerprint density at radius 1 is 0.625 bits per heavy atom. The number of likely N-dealkylation sites (tertiary alicyclic amines) is 2. The molecule has 22 heteroatoms. The Morgan fingerprint density at radius 3 is 1.35 bits per heavy atom. The van der Waals surface area contributed by atoms with Crippen molar-refractivity contribution in [3.05, 3.63) is 0 Å². The van der Waals surface area contributed by atoms with Gasteiger partial charge in [0.2, 0.25) is 5.91 Å². The number of esters is 2. The lowest BCUT2D eigenvalue weighted by Gasteiger charge is -2.32. The van der Waals surface area contributed by atoms with Crippen molar-refractivity contribution in [2.75, 3.05) is 41.4 Å². The fourth-order valence-corrected chi connectivity index (χ4v) is 9.31. The second-order valence-corrected chi connectivity index (χ2v) is 24.5. The Labute approximate surface area is 431 Å². The molecule has 4 heterocycles. The second kappa shape index (κ2) is 23.8. The van der Waals surface area contributed by atoms with E-state index in [0.29, 0.717) is 25.7 Å². The maximum atomic E-state index is 13.5. The predicted molar refractivity (Wildman–Crippen MR) is 273 cm³/mol. The molecule has 4 aliphatic rings. The largest absolute Gasteiger partial charge is 0.467 e. The third-order valence-electron chi connectivity index (χ3n) is 14.3. The normalized spacial score (nSPS) is 25.8. The number of hydrogen-bond acceptors (Lipinski definition) is 16. The zero-order valence-electron chi connectivity index (χ0n) is 47.8. The molecule has 4 saturated heterocycles. The van der Waals surface area contributed by atoms with Crippen molar-refractivity contribution in [3.63, 3.8) is 0 Å². The number of methoxy groups -OCH3 is 2. The topological polar surface area (TPSA) is 219 Å². The van der Waals surface area contributed by atoms with Crippen molar-refractivity contribution in [1.29, 1.82) is 0 Å². The van der Waals surface area contributed by atoms with E-state index >= 15 is 0 Å². The molecule has 0 saturated carbocycles. The molecule has 7 atom stereocenters. The monoisotopic (exact) mass is 1020 g/mol. The molecular formula is C50H91B2N5O15. The molecule has 0 aliphatic carbocycles. The first-order valence-corrected chi connectivity index (χ1v) is 25.5. The van der Waals surface area contributed by atoms with E-state index in [4.69, 9.17) is 42.3 Å². The molecule has 2 N–H and O–H groups in total. The Bertz CT molecular complexity index is 1870. The lowest BCUT2D eigenvalue weighted by Crippen LogP contribution is -2.52. The maximum Gasteiger partial charge on any atom is 0.457 e. The molecule has 1 unspecified atom stereocenters. The molecule has 72 heavy (non-hydrogen) atoms. The summed E-state index contributed by atoms with van der Waals surface area (Å²) in [5.74, 6) is -1.96. The van der Waals surface area contributed by atoms with Gasteiger partial charge < -0.3 is 57.8 Å². The summed E-state index contributed by atoms with van der Waals surface area (Å²) in [6, 6.07) is -3.16. The van der Waals surface area contributed by atoms with Crippen molar-refractivity contribution in [2.24, 2.45) is 11.8 Å². The lowest BCUT2D eigenvalue weighted by atomic mass is 9.79. The number of hydrogen-bond donors (Lipinski definition) is 2. The summed E-state index contributed by atoms with van der Waals surface area (Å²) in [5.41, 5.74) is -3.83. The molecule has 4 amide bonds. The van der Waals surface area contributed by atoms with Crippen LogP contribution in [0.5, 0.6) is 0 Å². The van der Waals surface area contributed by atoms with Crippen molar-refractivity contribution < 1.29 is 71.1 Å². The number of ether oxygens (including phenoxy) is 5. The minimum absolute atomic E-state index is 0.0279. The summed E-state index contributed by atoms with van der Waals surface area (Å²) in [4.78, 5) is 82.0. The molecule has 0 aromatic rings. The molecule has 0 aromatic carbocycles. The fourth-order valence-electron chi connectivity index (χ4n) is 9.31. The van der Waals surface area contributed by atoms with Crippen LogP contribution in [-0.2, 0) is 56.7 Å². The van der Waals surface area contributed by atoms with Gasteiger partial charge in [0.25, 0.3) is 0 Å². The highest BCUT2D eigenvalue weighted by atomic mass is 16.7. The van der Waals surface area contributed by atoms with Gasteiger partial charge in [0.15, 0.2) is 0 Å². The Kier molecular flexibility index (Phi) is 20.6. The molecule has 0 radical (unpaired) electrons. The zero-order valence-corrected chi connectivity index (χ0v) is 47.8. The molecule has 0 bridgehead atoms. The Balaban J connectivity index is 0.000000402. The Hall–Kier alpha value is -3.85. The first-order valence-electron chi connectivity index (χ1n) is 25.5.